The molecule has 162 valence electrons. The molecule has 3 aliphatic rings. The normalized spacial score (nSPS) is 24.2. The van der Waals surface area contributed by atoms with Gasteiger partial charge in [0.2, 0.25) is 0 Å². The Hall–Kier alpha value is -2.99. The Kier molecular flexibility index (Phi) is 5.32. The first-order valence-corrected chi connectivity index (χ1v) is 10.9. The summed E-state index contributed by atoms with van der Waals surface area (Å²) >= 11 is 0. The summed E-state index contributed by atoms with van der Waals surface area (Å²) in [6.45, 7) is 2.53. The Morgan fingerprint density at radius 2 is 1.87 bits per heavy atom. The number of anilines is 1. The van der Waals surface area contributed by atoms with Crippen LogP contribution in [0.5, 0.6) is 11.5 Å². The highest BCUT2D eigenvalue weighted by molar-refractivity contribution is 5.95. The van der Waals surface area contributed by atoms with Gasteiger partial charge in [-0.15, -0.1) is 0 Å². The number of benzene rings is 2. The largest absolute Gasteiger partial charge is 0.493 e. The van der Waals surface area contributed by atoms with Crippen molar-refractivity contribution in [3.8, 4) is 11.5 Å². The summed E-state index contributed by atoms with van der Waals surface area (Å²) in [4.78, 5) is 14.9. The molecule has 2 aromatic rings. The summed E-state index contributed by atoms with van der Waals surface area (Å²) in [5.41, 5.74) is 4.22. The highest BCUT2D eigenvalue weighted by atomic mass is 16.5. The molecule has 1 amide bonds. The topological polar surface area (TPSA) is 60.0 Å². The molecule has 2 heterocycles. The lowest BCUT2D eigenvalue weighted by Gasteiger charge is -2.38. The summed E-state index contributed by atoms with van der Waals surface area (Å²) in [5, 5.41) is 3.74. The lowest BCUT2D eigenvalue weighted by molar-refractivity contribution is 0.0303. The molecule has 0 spiro atoms. The molecule has 6 heteroatoms. The second-order valence-corrected chi connectivity index (χ2v) is 8.30. The van der Waals surface area contributed by atoms with Crippen molar-refractivity contribution < 1.29 is 19.0 Å². The number of carbonyl (C=O) groups excluding carboxylic acids is 1. The highest BCUT2D eigenvalue weighted by Crippen LogP contribution is 2.50. The first-order chi connectivity index (χ1) is 15.2. The molecule has 2 aliphatic heterocycles. The van der Waals surface area contributed by atoms with E-state index in [0.717, 1.165) is 29.2 Å². The summed E-state index contributed by atoms with van der Waals surface area (Å²) in [6.07, 6.45) is 5.55. The fourth-order valence-electron chi connectivity index (χ4n) is 5.05. The average Bonchev–Trinajstić information content (AvgIpc) is 3.33. The van der Waals surface area contributed by atoms with Crippen molar-refractivity contribution in [2.75, 3.05) is 45.8 Å². The van der Waals surface area contributed by atoms with Crippen LogP contribution in [0, 0.1) is 5.92 Å². The van der Waals surface area contributed by atoms with Crippen LogP contribution in [0.25, 0.3) is 0 Å². The van der Waals surface area contributed by atoms with Crippen LogP contribution in [0.3, 0.4) is 0 Å². The molecular weight excluding hydrogens is 392 g/mol. The molecule has 5 rings (SSSR count). The molecule has 31 heavy (non-hydrogen) atoms. The predicted molar refractivity (Wildman–Crippen MR) is 119 cm³/mol. The molecule has 0 radical (unpaired) electrons. The Labute approximate surface area is 182 Å². The van der Waals surface area contributed by atoms with Gasteiger partial charge >= 0.3 is 0 Å². The summed E-state index contributed by atoms with van der Waals surface area (Å²) in [5.74, 6) is 2.23. The Bertz CT molecular complexity index is 1010. The molecule has 1 fully saturated rings. The molecule has 1 saturated heterocycles. The van der Waals surface area contributed by atoms with Crippen LogP contribution in [0.1, 0.15) is 39.9 Å². The van der Waals surface area contributed by atoms with Crippen molar-refractivity contribution in [2.45, 2.75) is 18.4 Å². The minimum atomic E-state index is 0.0895. The zero-order valence-electron chi connectivity index (χ0n) is 18.0. The molecule has 3 atom stereocenters. The van der Waals surface area contributed by atoms with E-state index in [4.69, 9.17) is 14.2 Å². The number of methoxy groups -OCH3 is 2. The second-order valence-electron chi connectivity index (χ2n) is 8.30. The lowest BCUT2D eigenvalue weighted by atomic mass is 9.76. The standard InChI is InChI=1S/C25H28N2O4/c1-29-22-9-7-16(15-23(22)30-2)24-19-5-3-4-18(19)20-14-17(6-8-21(20)26-24)25(28)27-10-12-31-13-11-27/h3-4,6-9,14-15,18-19,24,26H,5,10-13H2,1-2H3. The second kappa shape index (κ2) is 8.27. The summed E-state index contributed by atoms with van der Waals surface area (Å²) in [6, 6.07) is 12.4. The maximum atomic E-state index is 13.0. The van der Waals surface area contributed by atoms with Gasteiger partial charge < -0.3 is 24.4 Å². The van der Waals surface area contributed by atoms with Crippen LogP contribution >= 0.6 is 0 Å². The van der Waals surface area contributed by atoms with E-state index in [1.54, 1.807) is 14.2 Å². The van der Waals surface area contributed by atoms with Crippen molar-refractivity contribution in [1.82, 2.24) is 4.90 Å². The third-order valence-corrected chi connectivity index (χ3v) is 6.67. The van der Waals surface area contributed by atoms with Crippen molar-refractivity contribution in [1.29, 1.82) is 0 Å². The van der Waals surface area contributed by atoms with E-state index in [0.29, 0.717) is 32.2 Å². The molecule has 6 nitrogen and oxygen atoms in total. The van der Waals surface area contributed by atoms with E-state index in [1.165, 1.54) is 11.1 Å². The lowest BCUT2D eigenvalue weighted by Crippen LogP contribution is -2.40. The van der Waals surface area contributed by atoms with Crippen molar-refractivity contribution >= 4 is 11.6 Å². The Morgan fingerprint density at radius 1 is 1.06 bits per heavy atom. The van der Waals surface area contributed by atoms with Gasteiger partial charge in [-0.1, -0.05) is 18.2 Å². The summed E-state index contributed by atoms with van der Waals surface area (Å²) in [7, 11) is 3.32. The van der Waals surface area contributed by atoms with E-state index < -0.39 is 0 Å². The van der Waals surface area contributed by atoms with Crippen LogP contribution in [0.2, 0.25) is 0 Å². The van der Waals surface area contributed by atoms with Crippen LogP contribution in [0.4, 0.5) is 5.69 Å². The molecule has 1 N–H and O–H groups in total. The number of morpholine rings is 1. The van der Waals surface area contributed by atoms with E-state index in [9.17, 15) is 4.79 Å². The molecule has 0 bridgehead atoms. The third-order valence-electron chi connectivity index (χ3n) is 6.67. The van der Waals surface area contributed by atoms with Crippen LogP contribution in [-0.4, -0.2) is 51.3 Å². The molecule has 1 aliphatic carbocycles. The van der Waals surface area contributed by atoms with Crippen molar-refractivity contribution in [3.05, 3.63) is 65.2 Å². The van der Waals surface area contributed by atoms with E-state index in [1.807, 2.05) is 17.0 Å². The number of hydrogen-bond acceptors (Lipinski definition) is 5. The Balaban J connectivity index is 1.46. The predicted octanol–water partition coefficient (Wildman–Crippen LogP) is 4.00. The number of ether oxygens (including phenoxy) is 3. The number of amides is 1. The first-order valence-electron chi connectivity index (χ1n) is 10.9. The zero-order valence-corrected chi connectivity index (χ0v) is 18.0. The molecule has 2 aromatic carbocycles. The number of allylic oxidation sites excluding steroid dienone is 2. The van der Waals surface area contributed by atoms with Gasteiger partial charge in [0, 0.05) is 30.3 Å². The smallest absolute Gasteiger partial charge is 0.254 e. The third kappa shape index (κ3) is 3.55. The summed E-state index contributed by atoms with van der Waals surface area (Å²) < 4.78 is 16.3. The number of nitrogens with zero attached hydrogens (tertiary/aromatic N) is 1. The zero-order chi connectivity index (χ0) is 21.4. The van der Waals surface area contributed by atoms with E-state index in [-0.39, 0.29) is 17.9 Å². The minimum absolute atomic E-state index is 0.0895. The number of nitrogens with one attached hydrogen (secondary N) is 1. The van der Waals surface area contributed by atoms with E-state index in [2.05, 4.69) is 41.7 Å². The fraction of sp³-hybridized carbons (Fsp3) is 0.400. The number of fused-ring (bicyclic) bond motifs is 3. The van der Waals surface area contributed by atoms with Gasteiger partial charge in [-0.3, -0.25) is 4.79 Å². The van der Waals surface area contributed by atoms with E-state index >= 15 is 0 Å². The van der Waals surface area contributed by atoms with Crippen LogP contribution in [0.15, 0.2) is 48.6 Å². The monoisotopic (exact) mass is 420 g/mol. The first kappa shape index (κ1) is 19.9. The fourth-order valence-corrected chi connectivity index (χ4v) is 5.05. The average molecular weight is 421 g/mol. The van der Waals surface area contributed by atoms with Crippen LogP contribution < -0.4 is 14.8 Å². The van der Waals surface area contributed by atoms with Gasteiger partial charge in [-0.05, 0) is 53.8 Å². The van der Waals surface area contributed by atoms with Gasteiger partial charge in [0.15, 0.2) is 11.5 Å². The van der Waals surface area contributed by atoms with Gasteiger partial charge in [0.1, 0.15) is 0 Å². The highest BCUT2D eigenvalue weighted by Gasteiger charge is 2.38. The van der Waals surface area contributed by atoms with Gasteiger partial charge in [0.25, 0.3) is 5.91 Å². The number of rotatable bonds is 4. The maximum Gasteiger partial charge on any atom is 0.254 e. The van der Waals surface area contributed by atoms with Gasteiger partial charge in [0.05, 0.1) is 33.5 Å². The number of carbonyl (C=O) groups is 1. The SMILES string of the molecule is COc1ccc(C2Nc3ccc(C(=O)N4CCOCC4)cc3C3C=CCC32)cc1OC. The maximum absolute atomic E-state index is 13.0. The minimum Gasteiger partial charge on any atom is -0.493 e. The van der Waals surface area contributed by atoms with Crippen LogP contribution in [-0.2, 0) is 4.74 Å². The van der Waals surface area contributed by atoms with Gasteiger partial charge in [-0.2, -0.15) is 0 Å². The molecular formula is C25H28N2O4. The number of hydrogen-bond donors (Lipinski definition) is 1. The quantitative estimate of drug-likeness (QED) is 0.758. The van der Waals surface area contributed by atoms with Gasteiger partial charge in [-0.25, -0.2) is 0 Å². The molecule has 0 aromatic heterocycles. The molecule has 3 unspecified atom stereocenters. The van der Waals surface area contributed by atoms with Crippen molar-refractivity contribution in [3.63, 3.8) is 0 Å². The molecule has 0 saturated carbocycles. The van der Waals surface area contributed by atoms with Crippen molar-refractivity contribution in [2.24, 2.45) is 5.92 Å². The Morgan fingerprint density at radius 3 is 2.65 bits per heavy atom.